The number of nitrogens with one attached hydrogen (secondary N) is 2. The van der Waals surface area contributed by atoms with Crippen LogP contribution in [-0.4, -0.2) is 18.8 Å². The van der Waals surface area contributed by atoms with Gasteiger partial charge in [0.05, 0.1) is 6.21 Å². The van der Waals surface area contributed by atoms with Gasteiger partial charge in [-0.3, -0.25) is 0 Å². The van der Waals surface area contributed by atoms with Crippen molar-refractivity contribution in [1.82, 2.24) is 10.6 Å². The highest BCUT2D eigenvalue weighted by molar-refractivity contribution is 5.85. The molecule has 4 bridgehead atoms. The first-order valence-electron chi connectivity index (χ1n) is 11.1. The molecule has 1 aromatic rings. The molecule has 0 aromatic heterocycles. The Morgan fingerprint density at radius 2 is 1.88 bits per heavy atom. The lowest BCUT2D eigenvalue weighted by Crippen LogP contribution is -2.59. The van der Waals surface area contributed by atoms with Gasteiger partial charge in [-0.1, -0.05) is 12.6 Å². The van der Waals surface area contributed by atoms with Crippen molar-refractivity contribution in [2.75, 3.05) is 6.54 Å². The van der Waals surface area contributed by atoms with E-state index in [1.807, 2.05) is 6.07 Å². The Balaban J connectivity index is 1.34. The zero-order valence-electron chi connectivity index (χ0n) is 18.1. The SMILES string of the molecule is C=C(/N=C\C(C#N)=C(/N)NCC12CC3C[C@H](C1)[C@@H](N)[C@@H](C3)C2)NCc1c(F)cccc1F. The number of nitrogens with two attached hydrogens (primary N) is 2. The first-order valence-corrected chi connectivity index (χ1v) is 11.1. The first kappa shape index (κ1) is 22.3. The lowest BCUT2D eigenvalue weighted by atomic mass is 9.48. The van der Waals surface area contributed by atoms with Crippen molar-refractivity contribution in [3.63, 3.8) is 0 Å². The molecule has 4 aliphatic carbocycles. The summed E-state index contributed by atoms with van der Waals surface area (Å²) in [6.45, 7) is 4.33. The average molecular weight is 441 g/mol. The van der Waals surface area contributed by atoms with E-state index in [9.17, 15) is 14.0 Å². The molecule has 4 saturated carbocycles. The topological polar surface area (TPSA) is 112 Å². The summed E-state index contributed by atoms with van der Waals surface area (Å²) in [5, 5.41) is 15.5. The van der Waals surface area contributed by atoms with E-state index in [4.69, 9.17) is 11.5 Å². The van der Waals surface area contributed by atoms with Crippen molar-refractivity contribution in [3.05, 3.63) is 59.2 Å². The second kappa shape index (κ2) is 8.91. The predicted molar refractivity (Wildman–Crippen MR) is 120 cm³/mol. The zero-order valence-corrected chi connectivity index (χ0v) is 18.1. The molecule has 0 aliphatic heterocycles. The third-order valence-electron chi connectivity index (χ3n) is 7.42. The lowest BCUT2D eigenvalue weighted by Gasteiger charge is -2.59. The van der Waals surface area contributed by atoms with Crippen LogP contribution < -0.4 is 22.1 Å². The van der Waals surface area contributed by atoms with Gasteiger partial charge in [0.25, 0.3) is 0 Å². The van der Waals surface area contributed by atoms with E-state index in [0.717, 1.165) is 25.3 Å². The standard InChI is InChI=1S/C24H30F2N6/c1-14(31-12-19-20(25)3-2-4-21(19)26)30-11-18(10-27)23(29)32-13-24-7-15-5-16(8-24)22(28)17(6-15)9-24/h2-4,11,15-17,22,31-32H,1,5-9,12-13,28-29H2/b23-18+,30-11-/t15?,16-,17+,22-,24?. The molecule has 5 atom stereocenters. The van der Waals surface area contributed by atoms with Crippen LogP contribution in [0, 0.1) is 46.1 Å². The smallest absolute Gasteiger partial charge is 0.131 e. The van der Waals surface area contributed by atoms with E-state index in [1.165, 1.54) is 43.7 Å². The van der Waals surface area contributed by atoms with Gasteiger partial charge >= 0.3 is 0 Å². The molecule has 0 spiro atoms. The molecule has 2 unspecified atom stereocenters. The van der Waals surface area contributed by atoms with E-state index < -0.39 is 11.6 Å². The Bertz CT molecular complexity index is 958. The van der Waals surface area contributed by atoms with Gasteiger partial charge in [-0.05, 0) is 67.4 Å². The fraction of sp³-hybridized carbons (Fsp3) is 0.500. The predicted octanol–water partition coefficient (Wildman–Crippen LogP) is 3.03. The van der Waals surface area contributed by atoms with Gasteiger partial charge < -0.3 is 22.1 Å². The number of allylic oxidation sites excluding steroid dienone is 1. The minimum absolute atomic E-state index is 0.101. The van der Waals surface area contributed by atoms with E-state index in [2.05, 4.69) is 22.2 Å². The van der Waals surface area contributed by atoms with Crippen LogP contribution in [0.5, 0.6) is 0 Å². The number of aliphatic imine (C=N–C) groups is 1. The molecular formula is C24H30F2N6. The van der Waals surface area contributed by atoms with Gasteiger partial charge in [0, 0.05) is 24.7 Å². The fourth-order valence-electron chi connectivity index (χ4n) is 6.06. The van der Waals surface area contributed by atoms with E-state index in [1.54, 1.807) is 0 Å². The van der Waals surface area contributed by atoms with Gasteiger partial charge in [-0.25, -0.2) is 13.8 Å². The van der Waals surface area contributed by atoms with Gasteiger partial charge in [0.1, 0.15) is 34.9 Å². The number of rotatable bonds is 8. The number of hydrogen-bond donors (Lipinski definition) is 4. The molecule has 6 N–H and O–H groups in total. The largest absolute Gasteiger partial charge is 0.384 e. The Kier molecular flexibility index (Phi) is 6.20. The molecule has 0 radical (unpaired) electrons. The Morgan fingerprint density at radius 1 is 1.22 bits per heavy atom. The van der Waals surface area contributed by atoms with Crippen molar-refractivity contribution < 1.29 is 8.78 Å². The molecule has 170 valence electrons. The van der Waals surface area contributed by atoms with Gasteiger partial charge in [-0.15, -0.1) is 0 Å². The number of nitriles is 1. The normalized spacial score (nSPS) is 31.3. The van der Waals surface area contributed by atoms with Crippen LogP contribution in [0.1, 0.15) is 37.7 Å². The molecule has 4 fully saturated rings. The van der Waals surface area contributed by atoms with Crippen LogP contribution in [0.2, 0.25) is 0 Å². The summed E-state index contributed by atoms with van der Waals surface area (Å²) >= 11 is 0. The van der Waals surface area contributed by atoms with E-state index in [-0.39, 0.29) is 34.7 Å². The molecule has 6 nitrogen and oxygen atoms in total. The number of benzene rings is 1. The summed E-state index contributed by atoms with van der Waals surface area (Å²) in [6.07, 6.45) is 7.22. The van der Waals surface area contributed by atoms with E-state index in [0.29, 0.717) is 17.9 Å². The lowest BCUT2D eigenvalue weighted by molar-refractivity contribution is -0.0643. The molecule has 1 aromatic carbocycles. The van der Waals surface area contributed by atoms with Crippen molar-refractivity contribution in [2.45, 2.75) is 44.7 Å². The zero-order chi connectivity index (χ0) is 22.9. The Hall–Kier alpha value is -2.92. The second-order valence-electron chi connectivity index (χ2n) is 9.60. The molecule has 32 heavy (non-hydrogen) atoms. The maximum Gasteiger partial charge on any atom is 0.131 e. The molecule has 4 aliphatic rings. The summed E-state index contributed by atoms with van der Waals surface area (Å²) in [5.41, 5.74) is 12.9. The quantitative estimate of drug-likeness (QED) is 0.367. The van der Waals surface area contributed by atoms with Gasteiger partial charge in [-0.2, -0.15) is 5.26 Å². The van der Waals surface area contributed by atoms with Crippen molar-refractivity contribution >= 4 is 6.21 Å². The van der Waals surface area contributed by atoms with Crippen LogP contribution in [0.25, 0.3) is 0 Å². The summed E-state index contributed by atoms with van der Waals surface area (Å²) < 4.78 is 27.4. The summed E-state index contributed by atoms with van der Waals surface area (Å²) in [5.74, 6) is 1.09. The summed E-state index contributed by atoms with van der Waals surface area (Å²) in [7, 11) is 0. The van der Waals surface area contributed by atoms with Crippen LogP contribution >= 0.6 is 0 Å². The highest BCUT2D eigenvalue weighted by atomic mass is 19.1. The van der Waals surface area contributed by atoms with E-state index >= 15 is 0 Å². The maximum absolute atomic E-state index is 13.7. The molecule has 5 rings (SSSR count). The molecule has 0 heterocycles. The highest BCUT2D eigenvalue weighted by Gasteiger charge is 2.54. The Morgan fingerprint density at radius 3 is 2.50 bits per heavy atom. The number of hydrogen-bond acceptors (Lipinski definition) is 6. The highest BCUT2D eigenvalue weighted by Crippen LogP contribution is 2.59. The third kappa shape index (κ3) is 4.49. The maximum atomic E-state index is 13.7. The average Bonchev–Trinajstić information content (AvgIpc) is 2.75. The summed E-state index contributed by atoms with van der Waals surface area (Å²) in [4.78, 5) is 4.08. The monoisotopic (exact) mass is 440 g/mol. The molecule has 0 amide bonds. The third-order valence-corrected chi connectivity index (χ3v) is 7.42. The van der Waals surface area contributed by atoms with Crippen LogP contribution in [0.3, 0.4) is 0 Å². The minimum Gasteiger partial charge on any atom is -0.384 e. The molecule has 8 heteroatoms. The number of halogens is 2. The molecular weight excluding hydrogens is 410 g/mol. The van der Waals surface area contributed by atoms with Gasteiger partial charge in [0.15, 0.2) is 0 Å². The van der Waals surface area contributed by atoms with Crippen molar-refractivity contribution in [2.24, 2.45) is 39.6 Å². The second-order valence-corrected chi connectivity index (χ2v) is 9.60. The van der Waals surface area contributed by atoms with Crippen LogP contribution in [0.4, 0.5) is 8.78 Å². The molecule has 0 saturated heterocycles. The van der Waals surface area contributed by atoms with Crippen LogP contribution in [-0.2, 0) is 6.54 Å². The fourth-order valence-corrected chi connectivity index (χ4v) is 6.06. The van der Waals surface area contributed by atoms with Crippen molar-refractivity contribution in [3.8, 4) is 6.07 Å². The minimum atomic E-state index is -0.647. The first-order chi connectivity index (χ1) is 15.3. The van der Waals surface area contributed by atoms with Crippen molar-refractivity contribution in [1.29, 1.82) is 5.26 Å². The number of nitrogens with zero attached hydrogens (tertiary/aromatic N) is 2. The summed E-state index contributed by atoms with van der Waals surface area (Å²) in [6, 6.07) is 6.05. The van der Waals surface area contributed by atoms with Crippen LogP contribution in [0.15, 0.2) is 47.0 Å². The Labute approximate surface area is 187 Å². The van der Waals surface area contributed by atoms with Gasteiger partial charge in [0.2, 0.25) is 0 Å².